The number of benzene rings is 3. The number of hydrogen-bond acceptors (Lipinski definition) is 7. The third kappa shape index (κ3) is 6.94. The van der Waals surface area contributed by atoms with Gasteiger partial charge in [-0.25, -0.2) is 4.39 Å². The molecular formula is C39H40FN5O6S. The summed E-state index contributed by atoms with van der Waals surface area (Å²) in [6.45, 7) is 0.937. The minimum Gasteiger partial charge on any atom is -0.374 e. The molecule has 1 aromatic heterocycles. The van der Waals surface area contributed by atoms with Crippen LogP contribution < -0.4 is 10.6 Å². The summed E-state index contributed by atoms with van der Waals surface area (Å²) in [6.07, 6.45) is 4.02. The first-order chi connectivity index (χ1) is 25.1. The predicted molar refractivity (Wildman–Crippen MR) is 194 cm³/mol. The largest absolute Gasteiger partial charge is 0.374 e. The predicted octanol–water partition coefficient (Wildman–Crippen LogP) is 5.15. The number of imide groups is 1. The third-order valence-corrected chi connectivity index (χ3v) is 11.2. The topological polar surface area (TPSA) is 152 Å². The van der Waals surface area contributed by atoms with Crippen LogP contribution in [0.1, 0.15) is 87.1 Å². The molecule has 2 unspecified atom stereocenters. The first-order valence-electron chi connectivity index (χ1n) is 17.7. The number of aliphatic hydroxyl groups excluding tert-OH is 1. The van der Waals surface area contributed by atoms with Gasteiger partial charge in [0.05, 0.1) is 16.7 Å². The Morgan fingerprint density at radius 3 is 2.56 bits per heavy atom. The summed E-state index contributed by atoms with van der Waals surface area (Å²) in [7, 11) is 1.80. The minimum absolute atomic E-state index is 0.0650. The van der Waals surface area contributed by atoms with Crippen LogP contribution in [0.25, 0.3) is 22.2 Å². The number of halogens is 1. The van der Waals surface area contributed by atoms with Gasteiger partial charge in [0, 0.05) is 48.1 Å². The molecule has 3 aromatic carbocycles. The van der Waals surface area contributed by atoms with Crippen molar-refractivity contribution in [2.45, 2.75) is 75.1 Å². The van der Waals surface area contributed by atoms with Crippen molar-refractivity contribution in [2.24, 2.45) is 0 Å². The second kappa shape index (κ2) is 14.9. The highest BCUT2D eigenvalue weighted by atomic mass is 32.2. The summed E-state index contributed by atoms with van der Waals surface area (Å²) in [4.78, 5) is 71.1. The number of piperidine rings is 1. The van der Waals surface area contributed by atoms with Gasteiger partial charge in [-0.1, -0.05) is 43.2 Å². The van der Waals surface area contributed by atoms with E-state index >= 15 is 0 Å². The third-order valence-electron chi connectivity index (χ3n) is 10.0. The van der Waals surface area contributed by atoms with Crippen LogP contribution in [0.2, 0.25) is 0 Å². The van der Waals surface area contributed by atoms with Gasteiger partial charge in [-0.3, -0.25) is 28.9 Å². The number of H-pyrrole nitrogens is 1. The number of fused-ring (bicyclic) bond motifs is 1. The molecule has 52 heavy (non-hydrogen) atoms. The fourth-order valence-corrected chi connectivity index (χ4v) is 8.47. The van der Waals surface area contributed by atoms with Crippen molar-refractivity contribution in [1.29, 1.82) is 0 Å². The number of unbranched alkanes of at least 4 members (excludes halogenated alkanes) is 3. The Morgan fingerprint density at radius 2 is 1.77 bits per heavy atom. The quantitative estimate of drug-likeness (QED) is 0.0896. The van der Waals surface area contributed by atoms with Gasteiger partial charge in [0.25, 0.3) is 17.7 Å². The highest BCUT2D eigenvalue weighted by Crippen LogP contribution is 2.36. The van der Waals surface area contributed by atoms with Crippen molar-refractivity contribution in [3.63, 3.8) is 0 Å². The van der Waals surface area contributed by atoms with Gasteiger partial charge >= 0.3 is 0 Å². The van der Waals surface area contributed by atoms with E-state index in [1.54, 1.807) is 24.1 Å². The Bertz CT molecular complexity index is 2080. The van der Waals surface area contributed by atoms with E-state index in [0.29, 0.717) is 53.0 Å². The molecule has 4 N–H and O–H groups in total. The zero-order chi connectivity index (χ0) is 36.5. The normalized spacial score (nSPS) is 18.3. The number of rotatable bonds is 12. The van der Waals surface area contributed by atoms with Crippen molar-refractivity contribution < 1.29 is 33.5 Å². The van der Waals surface area contributed by atoms with Gasteiger partial charge in [-0.2, -0.15) is 0 Å². The number of amides is 5. The lowest BCUT2D eigenvalue weighted by Crippen LogP contribution is -2.55. The lowest BCUT2D eigenvalue weighted by Gasteiger charge is -2.31. The number of hydrogen-bond donors (Lipinski definition) is 4. The summed E-state index contributed by atoms with van der Waals surface area (Å²) in [5.41, 5.74) is 5.34. The standard InChI is InChI=1S/C39H40FN5O6S/c1-44(21-22-10-12-23(13-11-22)35-25-16-17-41-36(48)27-19-24(40)20-28(42-35)33(25)27)32(47)9-4-2-3-5-18-52-30-8-6-7-26-34(30)39(51)45(38(26)50)29-14-15-31(46)43-37(29)49/h6-8,10-13,19-20,29,31,42,46H,2-5,9,14-18,21H2,1H3,(H,41,48)(H,43,49). The fraction of sp³-hybridized carbons (Fsp3) is 0.359. The SMILES string of the molecule is CN(Cc1ccc(-c2[nH]c3cc(F)cc4c3c2CCNC4=O)cc1)C(=O)CCCCCCSc1cccc2c1C(=O)N(C1CCC(O)NC1=O)C2=O. The molecule has 0 radical (unpaired) electrons. The number of carbonyl (C=O) groups is 5. The van der Waals surface area contributed by atoms with E-state index in [9.17, 15) is 33.5 Å². The minimum atomic E-state index is -0.971. The molecule has 13 heteroatoms. The molecule has 1 saturated heterocycles. The van der Waals surface area contributed by atoms with Gasteiger partial charge in [0.1, 0.15) is 18.1 Å². The lowest BCUT2D eigenvalue weighted by atomic mass is 9.99. The first-order valence-corrected chi connectivity index (χ1v) is 18.7. The van der Waals surface area contributed by atoms with E-state index in [1.807, 2.05) is 30.3 Å². The van der Waals surface area contributed by atoms with Crippen LogP contribution in [-0.2, 0) is 22.6 Å². The van der Waals surface area contributed by atoms with Crippen LogP contribution in [0.15, 0.2) is 59.5 Å². The molecule has 11 nitrogen and oxygen atoms in total. The molecule has 5 amide bonds. The Hall–Kier alpha value is -5.01. The summed E-state index contributed by atoms with van der Waals surface area (Å²) in [5.74, 6) is -1.41. The molecule has 0 spiro atoms. The number of nitrogens with zero attached hydrogens (tertiary/aromatic N) is 2. The van der Waals surface area contributed by atoms with Crippen molar-refractivity contribution in [3.05, 3.63) is 88.2 Å². The van der Waals surface area contributed by atoms with Crippen molar-refractivity contribution >= 4 is 52.2 Å². The first kappa shape index (κ1) is 35.4. The molecule has 3 aliphatic rings. The molecular weight excluding hydrogens is 686 g/mol. The van der Waals surface area contributed by atoms with Gasteiger partial charge in [0.15, 0.2) is 0 Å². The summed E-state index contributed by atoms with van der Waals surface area (Å²) in [6, 6.07) is 14.9. The molecule has 0 aliphatic carbocycles. The summed E-state index contributed by atoms with van der Waals surface area (Å²) in [5, 5.41) is 15.7. The number of nitrogens with one attached hydrogen (secondary N) is 3. The van der Waals surface area contributed by atoms with Crippen LogP contribution in [0.5, 0.6) is 0 Å². The Balaban J connectivity index is 0.861. The molecule has 7 rings (SSSR count). The lowest BCUT2D eigenvalue weighted by molar-refractivity contribution is -0.131. The van der Waals surface area contributed by atoms with Gasteiger partial charge < -0.3 is 25.6 Å². The Morgan fingerprint density at radius 1 is 0.981 bits per heavy atom. The van der Waals surface area contributed by atoms with Gasteiger partial charge in [0.2, 0.25) is 11.8 Å². The number of aliphatic hydroxyl groups is 1. The van der Waals surface area contributed by atoms with Crippen LogP contribution in [0, 0.1) is 5.82 Å². The molecule has 4 aromatic rings. The Labute approximate surface area is 304 Å². The number of aromatic nitrogens is 1. The van der Waals surface area contributed by atoms with E-state index < -0.39 is 35.8 Å². The van der Waals surface area contributed by atoms with E-state index in [1.165, 1.54) is 23.9 Å². The van der Waals surface area contributed by atoms with Crippen LogP contribution >= 0.6 is 11.8 Å². The van der Waals surface area contributed by atoms with Crippen molar-refractivity contribution in [3.8, 4) is 11.3 Å². The smallest absolute Gasteiger partial charge is 0.263 e. The van der Waals surface area contributed by atoms with E-state index in [4.69, 9.17) is 0 Å². The zero-order valence-corrected chi connectivity index (χ0v) is 29.6. The monoisotopic (exact) mass is 725 g/mol. The molecule has 0 bridgehead atoms. The van der Waals surface area contributed by atoms with E-state index in [-0.39, 0.29) is 24.7 Å². The van der Waals surface area contributed by atoms with Crippen LogP contribution in [0.3, 0.4) is 0 Å². The van der Waals surface area contributed by atoms with E-state index in [0.717, 1.165) is 64.1 Å². The molecule has 3 aliphatic heterocycles. The van der Waals surface area contributed by atoms with Crippen LogP contribution in [-0.4, -0.2) is 81.0 Å². The molecule has 1 fully saturated rings. The zero-order valence-electron chi connectivity index (χ0n) is 28.8. The average Bonchev–Trinajstić information content (AvgIpc) is 3.54. The maximum atomic E-state index is 14.3. The maximum absolute atomic E-state index is 14.3. The van der Waals surface area contributed by atoms with Crippen molar-refractivity contribution in [1.82, 2.24) is 25.4 Å². The van der Waals surface area contributed by atoms with Gasteiger partial charge in [-0.15, -0.1) is 11.8 Å². The highest BCUT2D eigenvalue weighted by Gasteiger charge is 2.45. The molecule has 2 atom stereocenters. The number of carbonyl (C=O) groups excluding carboxylic acids is 5. The highest BCUT2D eigenvalue weighted by molar-refractivity contribution is 7.99. The second-order valence-corrected chi connectivity index (χ2v) is 14.7. The van der Waals surface area contributed by atoms with Crippen LogP contribution in [0.4, 0.5) is 4.39 Å². The maximum Gasteiger partial charge on any atom is 0.263 e. The summed E-state index contributed by atoms with van der Waals surface area (Å²) >= 11 is 1.51. The van der Waals surface area contributed by atoms with Gasteiger partial charge in [-0.05, 0) is 78.8 Å². The number of aromatic amines is 1. The summed E-state index contributed by atoms with van der Waals surface area (Å²) < 4.78 is 14.3. The Kier molecular flexibility index (Phi) is 10.2. The van der Waals surface area contributed by atoms with Crippen molar-refractivity contribution in [2.75, 3.05) is 19.3 Å². The molecule has 4 heterocycles. The second-order valence-electron chi connectivity index (χ2n) is 13.6. The molecule has 0 saturated carbocycles. The fourth-order valence-electron chi connectivity index (χ4n) is 7.38. The van der Waals surface area contributed by atoms with E-state index in [2.05, 4.69) is 15.6 Å². The average molecular weight is 726 g/mol. The molecule has 270 valence electrons. The number of thioether (sulfide) groups is 1.